The highest BCUT2D eigenvalue weighted by Gasteiger charge is 2.34. The predicted molar refractivity (Wildman–Crippen MR) is 119 cm³/mol. The number of anilines is 1. The first-order valence-corrected chi connectivity index (χ1v) is 10.5. The largest absolute Gasteiger partial charge is 0.458 e. The lowest BCUT2D eigenvalue weighted by atomic mass is 10.1. The number of aldehydes is 1. The summed E-state index contributed by atoms with van der Waals surface area (Å²) in [5, 5.41) is 5.05. The van der Waals surface area contributed by atoms with Crippen molar-refractivity contribution in [2.45, 2.75) is 57.7 Å². The molecule has 1 aliphatic rings. The lowest BCUT2D eigenvalue weighted by molar-refractivity contribution is -0.159. The van der Waals surface area contributed by atoms with Crippen molar-refractivity contribution < 1.29 is 23.9 Å². The maximum absolute atomic E-state index is 13.1. The number of carbonyl (C=O) groups excluding carboxylic acids is 4. The van der Waals surface area contributed by atoms with Crippen molar-refractivity contribution in [2.24, 2.45) is 0 Å². The zero-order valence-electron chi connectivity index (χ0n) is 18.7. The van der Waals surface area contributed by atoms with Gasteiger partial charge in [-0.1, -0.05) is 18.2 Å². The molecule has 2 amide bonds. The molecule has 1 aromatic heterocycles. The van der Waals surface area contributed by atoms with Crippen LogP contribution in [-0.2, 0) is 25.5 Å². The second-order valence-corrected chi connectivity index (χ2v) is 8.63. The molecule has 0 saturated carbocycles. The predicted octanol–water partition coefficient (Wildman–Crippen LogP) is 1.40. The van der Waals surface area contributed by atoms with Crippen LogP contribution in [0.25, 0.3) is 0 Å². The van der Waals surface area contributed by atoms with Crippen LogP contribution in [0.5, 0.6) is 0 Å². The van der Waals surface area contributed by atoms with E-state index in [1.165, 1.54) is 10.8 Å². The van der Waals surface area contributed by atoms with Crippen molar-refractivity contribution in [1.82, 2.24) is 14.9 Å². The van der Waals surface area contributed by atoms with Crippen molar-refractivity contribution in [3.05, 3.63) is 58.3 Å². The number of amides is 2. The smallest absolute Gasteiger partial charge is 0.329 e. The van der Waals surface area contributed by atoms with E-state index in [0.29, 0.717) is 24.1 Å². The number of nitrogens with one attached hydrogen (secondary N) is 2. The Morgan fingerprint density at radius 2 is 1.94 bits per heavy atom. The normalized spacial score (nSPS) is 15.8. The molecule has 2 unspecified atom stereocenters. The van der Waals surface area contributed by atoms with Crippen LogP contribution in [0.2, 0.25) is 0 Å². The highest BCUT2D eigenvalue weighted by molar-refractivity contribution is 6.04. The summed E-state index contributed by atoms with van der Waals surface area (Å²) in [6, 6.07) is 6.25. The van der Waals surface area contributed by atoms with Crippen LogP contribution in [0.15, 0.2) is 41.3 Å². The number of carbonyl (C=O) groups is 4. The number of esters is 1. The Kier molecular flexibility index (Phi) is 7.05. The van der Waals surface area contributed by atoms with E-state index >= 15 is 0 Å². The van der Waals surface area contributed by atoms with Crippen LogP contribution < -0.4 is 16.2 Å². The minimum absolute atomic E-state index is 0.0658. The van der Waals surface area contributed by atoms with Gasteiger partial charge in [-0.15, -0.1) is 0 Å². The second kappa shape index (κ2) is 9.76. The molecule has 1 aromatic carbocycles. The topological polar surface area (TPSA) is 136 Å². The first-order chi connectivity index (χ1) is 15.6. The van der Waals surface area contributed by atoms with Crippen LogP contribution in [0, 0.1) is 0 Å². The third-order valence-electron chi connectivity index (χ3n) is 4.95. The number of hydrogen-bond acceptors (Lipinski definition) is 7. The molecule has 10 nitrogen and oxygen atoms in total. The number of rotatable bonds is 7. The molecule has 3 rings (SSSR count). The van der Waals surface area contributed by atoms with Crippen molar-refractivity contribution in [3.8, 4) is 0 Å². The monoisotopic (exact) mass is 454 g/mol. The number of aromatic nitrogens is 2. The third-order valence-corrected chi connectivity index (χ3v) is 4.95. The van der Waals surface area contributed by atoms with Crippen molar-refractivity contribution in [1.29, 1.82) is 0 Å². The first kappa shape index (κ1) is 23.8. The summed E-state index contributed by atoms with van der Waals surface area (Å²) in [5.74, 6) is -1.44. The summed E-state index contributed by atoms with van der Waals surface area (Å²) in [6.07, 6.45) is 2.17. The van der Waals surface area contributed by atoms with Gasteiger partial charge in [-0.25, -0.2) is 9.78 Å². The number of nitrogens with zero attached hydrogens (tertiary/aromatic N) is 2. The summed E-state index contributed by atoms with van der Waals surface area (Å²) in [6.45, 7) is 5.03. The molecule has 2 N–H and O–H groups in total. The summed E-state index contributed by atoms with van der Waals surface area (Å²) in [5.41, 5.74) is -1.07. The van der Waals surface area contributed by atoms with Crippen LogP contribution in [0.1, 0.15) is 55.8 Å². The second-order valence-electron chi connectivity index (χ2n) is 8.63. The van der Waals surface area contributed by atoms with Gasteiger partial charge in [-0.3, -0.25) is 19.0 Å². The number of fused-ring (bicyclic) bond motifs is 1. The summed E-state index contributed by atoms with van der Waals surface area (Å²) in [7, 11) is 0. The van der Waals surface area contributed by atoms with Gasteiger partial charge >= 0.3 is 5.97 Å². The van der Waals surface area contributed by atoms with E-state index < -0.39 is 41.0 Å². The third kappa shape index (κ3) is 5.71. The van der Waals surface area contributed by atoms with E-state index in [-0.39, 0.29) is 18.5 Å². The molecule has 0 saturated heterocycles. The van der Waals surface area contributed by atoms with Crippen LogP contribution in [0.4, 0.5) is 5.69 Å². The van der Waals surface area contributed by atoms with E-state index in [0.717, 1.165) is 0 Å². The van der Waals surface area contributed by atoms with Gasteiger partial charge in [0.05, 0.1) is 6.20 Å². The highest BCUT2D eigenvalue weighted by Crippen LogP contribution is 2.24. The van der Waals surface area contributed by atoms with Crippen molar-refractivity contribution in [2.75, 3.05) is 5.32 Å². The van der Waals surface area contributed by atoms with E-state index in [9.17, 15) is 24.0 Å². The molecule has 1 aliphatic heterocycles. The van der Waals surface area contributed by atoms with E-state index in [1.54, 1.807) is 51.1 Å². The van der Waals surface area contributed by atoms with Gasteiger partial charge < -0.3 is 20.2 Å². The summed E-state index contributed by atoms with van der Waals surface area (Å²) in [4.78, 5) is 66.1. The Morgan fingerprint density at radius 3 is 2.58 bits per heavy atom. The summed E-state index contributed by atoms with van der Waals surface area (Å²) < 4.78 is 6.48. The number of hydrogen-bond donors (Lipinski definition) is 2. The quantitative estimate of drug-likeness (QED) is 0.477. The van der Waals surface area contributed by atoms with Gasteiger partial charge in [0.2, 0.25) is 5.91 Å². The van der Waals surface area contributed by atoms with E-state index in [1.807, 2.05) is 0 Å². The van der Waals surface area contributed by atoms with Crippen LogP contribution >= 0.6 is 0 Å². The average Bonchev–Trinajstić information content (AvgIpc) is 3.20. The molecular weight excluding hydrogens is 428 g/mol. The van der Waals surface area contributed by atoms with Crippen molar-refractivity contribution in [3.63, 3.8) is 0 Å². The molecule has 0 fully saturated rings. The molecule has 0 radical (unpaired) electrons. The lowest BCUT2D eigenvalue weighted by Gasteiger charge is -2.24. The molecule has 10 heteroatoms. The zero-order chi connectivity index (χ0) is 24.2. The van der Waals surface area contributed by atoms with Gasteiger partial charge in [0, 0.05) is 18.4 Å². The number of benzene rings is 1. The maximum Gasteiger partial charge on any atom is 0.329 e. The highest BCUT2D eigenvalue weighted by atomic mass is 16.6. The molecular formula is C23H26N4O6. The van der Waals surface area contributed by atoms with Crippen LogP contribution in [0.3, 0.4) is 0 Å². The average molecular weight is 454 g/mol. The van der Waals surface area contributed by atoms with Gasteiger partial charge in [-0.2, -0.15) is 0 Å². The molecule has 0 aliphatic carbocycles. The van der Waals surface area contributed by atoms with E-state index in [2.05, 4.69) is 15.6 Å². The number of aryl methyl sites for hydroxylation is 1. The fraction of sp³-hybridized carbons (Fsp3) is 0.391. The van der Waals surface area contributed by atoms with Gasteiger partial charge in [0.15, 0.2) is 0 Å². The zero-order valence-corrected chi connectivity index (χ0v) is 18.7. The van der Waals surface area contributed by atoms with Gasteiger partial charge in [-0.05, 0) is 39.3 Å². The standard InChI is InChI=1S/C23H26N4O6/c1-23(2,3)33-22(32)15(11-12-28)25-20(30)17-9-10-18-24-13-16(21(31)27(17)18)26-19(29)14-7-5-4-6-8-14/h4-8,12-13,15,17H,9-11H2,1-3H3,(H,25,30)(H,26,29). The van der Waals surface area contributed by atoms with Crippen molar-refractivity contribution >= 4 is 29.8 Å². The van der Waals surface area contributed by atoms with Gasteiger partial charge in [0.25, 0.3) is 11.5 Å². The Bertz CT molecular complexity index is 1120. The Labute approximate surface area is 190 Å². The lowest BCUT2D eigenvalue weighted by Crippen LogP contribution is -2.47. The fourth-order valence-electron chi connectivity index (χ4n) is 3.47. The SMILES string of the molecule is CC(C)(C)OC(=O)C(CC=O)NC(=O)C1CCc2ncc(NC(=O)c3ccccc3)c(=O)n21. The molecule has 2 heterocycles. The van der Waals surface area contributed by atoms with Crippen LogP contribution in [-0.4, -0.2) is 45.3 Å². The minimum atomic E-state index is -1.18. The molecule has 33 heavy (non-hydrogen) atoms. The molecule has 0 bridgehead atoms. The molecule has 2 atom stereocenters. The molecule has 174 valence electrons. The minimum Gasteiger partial charge on any atom is -0.458 e. The van der Waals surface area contributed by atoms with Gasteiger partial charge in [0.1, 0.15) is 35.5 Å². The molecule has 2 aromatic rings. The number of ether oxygens (including phenoxy) is 1. The maximum atomic E-state index is 13.1. The Morgan fingerprint density at radius 1 is 1.24 bits per heavy atom. The molecule has 0 spiro atoms. The van der Waals surface area contributed by atoms with E-state index in [4.69, 9.17) is 4.74 Å². The summed E-state index contributed by atoms with van der Waals surface area (Å²) >= 11 is 0. The Balaban J connectivity index is 1.80. The first-order valence-electron chi connectivity index (χ1n) is 10.5. The fourth-order valence-corrected chi connectivity index (χ4v) is 3.47. The Hall–Kier alpha value is -3.82.